The second kappa shape index (κ2) is 4.20. The highest BCUT2D eigenvalue weighted by Crippen LogP contribution is 2.29. The second-order valence-corrected chi connectivity index (χ2v) is 5.36. The fourth-order valence-corrected chi connectivity index (χ4v) is 1.89. The first-order valence-corrected chi connectivity index (χ1v) is 6.13. The van der Waals surface area contributed by atoms with E-state index in [-0.39, 0.29) is 0 Å². The highest BCUT2D eigenvalue weighted by molar-refractivity contribution is 7.89. The molecule has 0 aliphatic carbocycles. The molecule has 0 aliphatic heterocycles. The van der Waals surface area contributed by atoms with Crippen LogP contribution in [-0.4, -0.2) is 15.5 Å². The van der Waals surface area contributed by atoms with E-state index in [0.717, 1.165) is 5.56 Å². The van der Waals surface area contributed by atoms with Crippen molar-refractivity contribution in [2.24, 2.45) is 5.14 Å². The van der Waals surface area contributed by atoms with Crippen LogP contribution in [0.1, 0.15) is 23.3 Å². The molecular formula is C10H15NO3S. The molecule has 1 rings (SSSR count). The first kappa shape index (κ1) is 12.0. The number of ether oxygens (including phenoxy) is 1. The summed E-state index contributed by atoms with van der Waals surface area (Å²) in [5.41, 5.74) is 1.57. The molecule has 4 nitrogen and oxygen atoms in total. The van der Waals surface area contributed by atoms with E-state index in [4.69, 9.17) is 9.88 Å². The minimum absolute atomic E-state index is 0.544. The third kappa shape index (κ3) is 2.70. The Kier molecular flexibility index (Phi) is 3.36. The van der Waals surface area contributed by atoms with Crippen LogP contribution in [0.4, 0.5) is 0 Å². The van der Waals surface area contributed by atoms with E-state index in [2.05, 4.69) is 0 Å². The van der Waals surface area contributed by atoms with E-state index in [0.29, 0.717) is 11.3 Å². The Balaban J connectivity index is 3.29. The van der Waals surface area contributed by atoms with Gasteiger partial charge in [0.05, 0.1) is 7.11 Å². The van der Waals surface area contributed by atoms with Gasteiger partial charge in [0.15, 0.2) is 0 Å². The van der Waals surface area contributed by atoms with Gasteiger partial charge >= 0.3 is 0 Å². The molecule has 0 aromatic heterocycles. The Labute approximate surface area is 90.1 Å². The number of methoxy groups -OCH3 is 1. The number of aryl methyl sites for hydroxylation is 1. The molecule has 0 radical (unpaired) electrons. The van der Waals surface area contributed by atoms with E-state index in [1.54, 1.807) is 19.1 Å². The zero-order chi connectivity index (χ0) is 11.6. The Morgan fingerprint density at radius 3 is 2.47 bits per heavy atom. The van der Waals surface area contributed by atoms with E-state index in [1.807, 2.05) is 13.0 Å². The van der Waals surface area contributed by atoms with Crippen LogP contribution in [0.3, 0.4) is 0 Å². The summed E-state index contributed by atoms with van der Waals surface area (Å²) in [6.07, 6.45) is 0. The predicted octanol–water partition coefficient (Wildman–Crippen LogP) is 1.35. The van der Waals surface area contributed by atoms with Gasteiger partial charge in [-0.15, -0.1) is 0 Å². The predicted molar refractivity (Wildman–Crippen MR) is 59.3 cm³/mol. The largest absolute Gasteiger partial charge is 0.496 e. The van der Waals surface area contributed by atoms with Crippen molar-refractivity contribution in [2.75, 3.05) is 7.11 Å². The third-order valence-corrected chi connectivity index (χ3v) is 3.56. The summed E-state index contributed by atoms with van der Waals surface area (Å²) in [5, 5.41) is 4.34. The van der Waals surface area contributed by atoms with Crippen LogP contribution >= 0.6 is 0 Å². The van der Waals surface area contributed by atoms with Gasteiger partial charge in [0.1, 0.15) is 11.0 Å². The number of nitrogens with two attached hydrogens (primary N) is 1. The lowest BCUT2D eigenvalue weighted by Crippen LogP contribution is -2.19. The highest BCUT2D eigenvalue weighted by atomic mass is 32.2. The molecule has 84 valence electrons. The molecule has 15 heavy (non-hydrogen) atoms. The molecule has 0 amide bonds. The molecule has 5 heteroatoms. The van der Waals surface area contributed by atoms with Gasteiger partial charge in [-0.1, -0.05) is 17.7 Å². The lowest BCUT2D eigenvalue weighted by Gasteiger charge is -2.14. The van der Waals surface area contributed by atoms with Gasteiger partial charge in [-0.25, -0.2) is 13.6 Å². The van der Waals surface area contributed by atoms with Crippen LogP contribution in [-0.2, 0) is 10.0 Å². The Morgan fingerprint density at radius 1 is 1.40 bits per heavy atom. The normalized spacial score (nSPS) is 13.6. The molecule has 0 bridgehead atoms. The number of rotatable bonds is 3. The molecule has 0 fully saturated rings. The number of benzene rings is 1. The van der Waals surface area contributed by atoms with Crippen molar-refractivity contribution in [1.29, 1.82) is 0 Å². The van der Waals surface area contributed by atoms with Crippen LogP contribution in [0.25, 0.3) is 0 Å². The average Bonchev–Trinajstić information content (AvgIpc) is 2.15. The molecule has 1 aromatic carbocycles. The lowest BCUT2D eigenvalue weighted by atomic mass is 10.1. The van der Waals surface area contributed by atoms with Crippen molar-refractivity contribution < 1.29 is 13.2 Å². The zero-order valence-corrected chi connectivity index (χ0v) is 9.84. The molecular weight excluding hydrogens is 214 g/mol. The van der Waals surface area contributed by atoms with Crippen molar-refractivity contribution >= 4 is 10.0 Å². The standard InChI is InChI=1S/C10H15NO3S/c1-7-4-5-10(14-3)9(6-7)8(2)15(11,12)13/h4-6,8H,1-3H3,(H2,11,12,13). The minimum atomic E-state index is -3.59. The first-order chi connectivity index (χ1) is 6.86. The summed E-state index contributed by atoms with van der Waals surface area (Å²) in [7, 11) is -2.08. The molecule has 0 aliphatic rings. The second-order valence-electron chi connectivity index (χ2n) is 3.48. The SMILES string of the molecule is COc1ccc(C)cc1C(C)S(N)(=O)=O. The number of hydrogen-bond donors (Lipinski definition) is 1. The fourth-order valence-electron chi connectivity index (χ4n) is 1.35. The molecule has 2 N–H and O–H groups in total. The van der Waals surface area contributed by atoms with Crippen molar-refractivity contribution in [1.82, 2.24) is 0 Å². The maximum absolute atomic E-state index is 11.2. The minimum Gasteiger partial charge on any atom is -0.496 e. The Morgan fingerprint density at radius 2 is 2.00 bits per heavy atom. The van der Waals surface area contributed by atoms with Crippen LogP contribution in [0, 0.1) is 6.92 Å². The topological polar surface area (TPSA) is 69.4 Å². The maximum Gasteiger partial charge on any atom is 0.216 e. The summed E-state index contributed by atoms with van der Waals surface area (Å²) in [6, 6.07) is 5.37. The van der Waals surface area contributed by atoms with E-state index < -0.39 is 15.3 Å². The van der Waals surface area contributed by atoms with E-state index in [9.17, 15) is 8.42 Å². The monoisotopic (exact) mass is 229 g/mol. The van der Waals surface area contributed by atoms with E-state index >= 15 is 0 Å². The van der Waals surface area contributed by atoms with Crippen LogP contribution < -0.4 is 9.88 Å². The summed E-state index contributed by atoms with van der Waals surface area (Å²) >= 11 is 0. The van der Waals surface area contributed by atoms with Crippen LogP contribution in [0.2, 0.25) is 0 Å². The Bertz CT molecular complexity index is 454. The summed E-state index contributed by atoms with van der Waals surface area (Å²) in [6.45, 7) is 3.44. The smallest absolute Gasteiger partial charge is 0.216 e. The van der Waals surface area contributed by atoms with Gasteiger partial charge in [-0.3, -0.25) is 0 Å². The maximum atomic E-state index is 11.2. The molecule has 0 heterocycles. The van der Waals surface area contributed by atoms with Crippen molar-refractivity contribution in [3.05, 3.63) is 29.3 Å². The van der Waals surface area contributed by atoms with Gasteiger partial charge < -0.3 is 4.74 Å². The highest BCUT2D eigenvalue weighted by Gasteiger charge is 2.21. The van der Waals surface area contributed by atoms with Crippen LogP contribution in [0.5, 0.6) is 5.75 Å². The number of sulfonamides is 1. The number of hydrogen-bond acceptors (Lipinski definition) is 3. The first-order valence-electron chi connectivity index (χ1n) is 4.52. The van der Waals surface area contributed by atoms with Gasteiger partial charge in [-0.2, -0.15) is 0 Å². The van der Waals surface area contributed by atoms with Crippen molar-refractivity contribution in [3.63, 3.8) is 0 Å². The van der Waals surface area contributed by atoms with E-state index in [1.165, 1.54) is 7.11 Å². The molecule has 1 unspecified atom stereocenters. The fraction of sp³-hybridized carbons (Fsp3) is 0.400. The van der Waals surface area contributed by atoms with Crippen molar-refractivity contribution in [2.45, 2.75) is 19.1 Å². The molecule has 1 aromatic rings. The quantitative estimate of drug-likeness (QED) is 0.850. The zero-order valence-electron chi connectivity index (χ0n) is 9.02. The lowest BCUT2D eigenvalue weighted by molar-refractivity contribution is 0.409. The van der Waals surface area contributed by atoms with Gasteiger partial charge in [0.2, 0.25) is 10.0 Å². The number of primary sulfonamides is 1. The molecule has 0 saturated carbocycles. The summed E-state index contributed by atoms with van der Waals surface area (Å²) in [5.74, 6) is 0.544. The Hall–Kier alpha value is -1.07. The summed E-state index contributed by atoms with van der Waals surface area (Å²) < 4.78 is 27.6. The summed E-state index contributed by atoms with van der Waals surface area (Å²) in [4.78, 5) is 0. The molecule has 0 saturated heterocycles. The third-order valence-electron chi connectivity index (χ3n) is 2.32. The van der Waals surface area contributed by atoms with Crippen molar-refractivity contribution in [3.8, 4) is 5.75 Å². The molecule has 0 spiro atoms. The molecule has 1 atom stereocenters. The van der Waals surface area contributed by atoms with Gasteiger partial charge in [-0.05, 0) is 19.9 Å². The van der Waals surface area contributed by atoms with Gasteiger partial charge in [0.25, 0.3) is 0 Å². The van der Waals surface area contributed by atoms with Gasteiger partial charge in [0, 0.05) is 5.56 Å². The van der Waals surface area contributed by atoms with Crippen LogP contribution in [0.15, 0.2) is 18.2 Å². The average molecular weight is 229 g/mol.